The van der Waals surface area contributed by atoms with Crippen LogP contribution in [0.4, 0.5) is 5.82 Å². The highest BCUT2D eigenvalue weighted by Gasteiger charge is 2.16. The van der Waals surface area contributed by atoms with E-state index in [-0.39, 0.29) is 12.5 Å². The maximum atomic E-state index is 12.1. The third kappa shape index (κ3) is 5.62. The van der Waals surface area contributed by atoms with Crippen LogP contribution in [0.2, 0.25) is 5.02 Å². The van der Waals surface area contributed by atoms with E-state index < -0.39 is 6.10 Å². The second kappa shape index (κ2) is 9.02. The molecule has 3 N–H and O–H groups in total. The molecule has 8 heteroatoms. The predicted molar refractivity (Wildman–Crippen MR) is 89.0 cm³/mol. The van der Waals surface area contributed by atoms with Gasteiger partial charge in [-0.15, -0.1) is 0 Å². The van der Waals surface area contributed by atoms with Crippen molar-refractivity contribution in [1.29, 1.82) is 0 Å². The van der Waals surface area contributed by atoms with E-state index in [2.05, 4.69) is 20.5 Å². The molecule has 1 aromatic heterocycles. The van der Waals surface area contributed by atoms with Crippen LogP contribution in [-0.2, 0) is 4.74 Å². The summed E-state index contributed by atoms with van der Waals surface area (Å²) >= 11 is 6.07. The van der Waals surface area contributed by atoms with Crippen LogP contribution in [0.3, 0.4) is 0 Å². The first-order valence-electron chi connectivity index (χ1n) is 7.76. The van der Waals surface area contributed by atoms with Gasteiger partial charge in [0.25, 0.3) is 5.91 Å². The molecule has 0 aromatic carbocycles. The van der Waals surface area contributed by atoms with E-state index >= 15 is 0 Å². The summed E-state index contributed by atoms with van der Waals surface area (Å²) in [5.74, 6) is 0.251. The maximum Gasteiger partial charge on any atom is 0.252 e. The molecule has 0 aliphatic carbocycles. The monoisotopic (exact) mass is 342 g/mol. The first-order chi connectivity index (χ1) is 11.1. The highest BCUT2D eigenvalue weighted by atomic mass is 35.5. The third-order valence-electron chi connectivity index (χ3n) is 3.52. The number of β-amino-alcohol motifs (C(OH)–C–C–N with tert-alkyl or cyclic N) is 1. The highest BCUT2D eigenvalue weighted by Crippen LogP contribution is 2.19. The van der Waals surface area contributed by atoms with Crippen molar-refractivity contribution >= 4 is 23.3 Å². The van der Waals surface area contributed by atoms with Crippen LogP contribution in [-0.4, -0.2) is 72.9 Å². The largest absolute Gasteiger partial charge is 0.390 e. The Hall–Kier alpha value is -1.41. The van der Waals surface area contributed by atoms with Crippen LogP contribution in [0, 0.1) is 0 Å². The molecule has 0 bridgehead atoms. The molecule has 1 aliphatic heterocycles. The van der Waals surface area contributed by atoms with Crippen molar-refractivity contribution in [2.24, 2.45) is 0 Å². The average Bonchev–Trinajstić information content (AvgIpc) is 2.55. The van der Waals surface area contributed by atoms with Gasteiger partial charge in [-0.3, -0.25) is 9.69 Å². The lowest BCUT2D eigenvalue weighted by atomic mass is 10.2. The lowest BCUT2D eigenvalue weighted by Crippen LogP contribution is -2.44. The topological polar surface area (TPSA) is 86.7 Å². The number of aliphatic hydroxyl groups excluding tert-OH is 1. The number of ether oxygens (including phenoxy) is 1. The summed E-state index contributed by atoms with van der Waals surface area (Å²) < 4.78 is 5.26. The number of pyridine rings is 1. The Balaban J connectivity index is 1.80. The van der Waals surface area contributed by atoms with Crippen LogP contribution in [0.25, 0.3) is 0 Å². The summed E-state index contributed by atoms with van der Waals surface area (Å²) in [4.78, 5) is 18.3. The van der Waals surface area contributed by atoms with Gasteiger partial charge in [0.1, 0.15) is 5.82 Å². The second-order valence-electron chi connectivity index (χ2n) is 5.36. The number of carbonyl (C=O) groups excluding carboxylic acids is 1. The summed E-state index contributed by atoms with van der Waals surface area (Å²) in [7, 11) is 0. The molecule has 1 saturated heterocycles. The van der Waals surface area contributed by atoms with Gasteiger partial charge in [-0.1, -0.05) is 11.6 Å². The number of rotatable bonds is 7. The lowest BCUT2D eigenvalue weighted by Gasteiger charge is -2.28. The van der Waals surface area contributed by atoms with Crippen molar-refractivity contribution in [2.75, 3.05) is 51.3 Å². The molecule has 23 heavy (non-hydrogen) atoms. The predicted octanol–water partition coefficient (Wildman–Crippen LogP) is 0.590. The smallest absolute Gasteiger partial charge is 0.252 e. The lowest BCUT2D eigenvalue weighted by molar-refractivity contribution is 0.0149. The number of carbonyl (C=O) groups is 1. The van der Waals surface area contributed by atoms with Gasteiger partial charge < -0.3 is 20.5 Å². The van der Waals surface area contributed by atoms with Crippen molar-refractivity contribution in [2.45, 2.75) is 13.0 Å². The van der Waals surface area contributed by atoms with E-state index in [0.717, 1.165) is 13.1 Å². The van der Waals surface area contributed by atoms with Crippen LogP contribution in [0.15, 0.2) is 12.3 Å². The summed E-state index contributed by atoms with van der Waals surface area (Å²) in [6, 6.07) is 1.57. The highest BCUT2D eigenvalue weighted by molar-refractivity contribution is 6.33. The molecule has 1 aromatic rings. The van der Waals surface area contributed by atoms with Gasteiger partial charge >= 0.3 is 0 Å². The van der Waals surface area contributed by atoms with E-state index in [1.54, 1.807) is 6.07 Å². The van der Waals surface area contributed by atoms with Gasteiger partial charge in [0, 0.05) is 38.9 Å². The number of nitrogens with one attached hydrogen (secondary N) is 2. The fraction of sp³-hybridized carbons (Fsp3) is 0.600. The van der Waals surface area contributed by atoms with E-state index in [1.807, 2.05) is 6.92 Å². The molecule has 1 amide bonds. The summed E-state index contributed by atoms with van der Waals surface area (Å²) in [5, 5.41) is 16.1. The normalized spacial score (nSPS) is 16.8. The third-order valence-corrected chi connectivity index (χ3v) is 3.81. The van der Waals surface area contributed by atoms with E-state index in [0.29, 0.717) is 42.7 Å². The van der Waals surface area contributed by atoms with E-state index in [4.69, 9.17) is 16.3 Å². The van der Waals surface area contributed by atoms with Gasteiger partial charge in [0.2, 0.25) is 0 Å². The zero-order valence-electron chi connectivity index (χ0n) is 13.2. The fourth-order valence-corrected chi connectivity index (χ4v) is 2.55. The van der Waals surface area contributed by atoms with Crippen LogP contribution in [0.5, 0.6) is 0 Å². The minimum absolute atomic E-state index is 0.183. The number of nitrogens with zero attached hydrogens (tertiary/aromatic N) is 2. The zero-order valence-corrected chi connectivity index (χ0v) is 14.0. The molecule has 1 fully saturated rings. The maximum absolute atomic E-state index is 12.1. The number of aromatic nitrogens is 1. The number of amides is 1. The Bertz CT molecular complexity index is 523. The van der Waals surface area contributed by atoms with Gasteiger partial charge in [-0.2, -0.15) is 0 Å². The van der Waals surface area contributed by atoms with Crippen molar-refractivity contribution in [1.82, 2.24) is 15.2 Å². The van der Waals surface area contributed by atoms with Crippen molar-refractivity contribution in [3.8, 4) is 0 Å². The number of aliphatic hydroxyl groups is 1. The first-order valence-corrected chi connectivity index (χ1v) is 8.13. The number of morpholine rings is 1. The molecule has 1 aliphatic rings. The van der Waals surface area contributed by atoms with Gasteiger partial charge in [-0.25, -0.2) is 4.98 Å². The minimum atomic E-state index is -0.624. The Labute approximate surface area is 141 Å². The zero-order chi connectivity index (χ0) is 16.7. The first kappa shape index (κ1) is 17.9. The molecule has 128 valence electrons. The summed E-state index contributed by atoms with van der Waals surface area (Å²) in [5.41, 5.74) is 0.371. The van der Waals surface area contributed by atoms with Gasteiger partial charge in [0.15, 0.2) is 0 Å². The SMILES string of the molecule is CCNc1ncc(C(=O)NC[C@H](O)CN2CCOCC2)cc1Cl. The van der Waals surface area contributed by atoms with Crippen LogP contribution >= 0.6 is 11.6 Å². The minimum Gasteiger partial charge on any atom is -0.390 e. The average molecular weight is 343 g/mol. The Morgan fingerprint density at radius 3 is 2.91 bits per heavy atom. The summed E-state index contributed by atoms with van der Waals surface area (Å²) in [6.45, 7) is 6.31. The molecule has 0 saturated carbocycles. The van der Waals surface area contributed by atoms with Gasteiger partial charge in [0.05, 0.1) is 29.9 Å². The molecule has 2 rings (SSSR count). The Morgan fingerprint density at radius 2 is 2.26 bits per heavy atom. The molecule has 0 radical (unpaired) electrons. The molecule has 0 unspecified atom stereocenters. The van der Waals surface area contributed by atoms with Crippen LogP contribution < -0.4 is 10.6 Å². The molecular weight excluding hydrogens is 320 g/mol. The molecular formula is C15H23ClN4O3. The fourth-order valence-electron chi connectivity index (χ4n) is 2.32. The molecule has 1 atom stereocenters. The standard InChI is InChI=1S/C15H23ClN4O3/c1-2-17-14-13(16)7-11(8-18-14)15(22)19-9-12(21)10-20-3-5-23-6-4-20/h7-8,12,21H,2-6,9-10H2,1H3,(H,17,18)(H,19,22)/t12-/m0/s1. The number of anilines is 1. The number of hydrogen-bond acceptors (Lipinski definition) is 6. The second-order valence-corrected chi connectivity index (χ2v) is 5.77. The van der Waals surface area contributed by atoms with Gasteiger partial charge in [-0.05, 0) is 13.0 Å². The number of halogens is 1. The van der Waals surface area contributed by atoms with E-state index in [1.165, 1.54) is 6.20 Å². The number of hydrogen-bond donors (Lipinski definition) is 3. The molecule has 2 heterocycles. The van der Waals surface area contributed by atoms with E-state index in [9.17, 15) is 9.90 Å². The van der Waals surface area contributed by atoms with Crippen LogP contribution in [0.1, 0.15) is 17.3 Å². The summed E-state index contributed by atoms with van der Waals surface area (Å²) in [6.07, 6.45) is 0.842. The Morgan fingerprint density at radius 1 is 1.52 bits per heavy atom. The van der Waals surface area contributed by atoms with Crippen molar-refractivity contribution < 1.29 is 14.6 Å². The van der Waals surface area contributed by atoms with Crippen molar-refractivity contribution in [3.05, 3.63) is 22.8 Å². The van der Waals surface area contributed by atoms with Crippen molar-refractivity contribution in [3.63, 3.8) is 0 Å². The Kier molecular flexibility index (Phi) is 7.04. The molecule has 7 nitrogen and oxygen atoms in total. The quantitative estimate of drug-likeness (QED) is 0.672. The molecule has 0 spiro atoms.